The Bertz CT molecular complexity index is 563. The molecule has 26 heavy (non-hydrogen) atoms. The molecule has 0 aliphatic carbocycles. The van der Waals surface area contributed by atoms with Crippen LogP contribution in [0.3, 0.4) is 0 Å². The monoisotopic (exact) mass is 396 g/mol. The van der Waals surface area contributed by atoms with Gasteiger partial charge in [0, 0.05) is 26.1 Å². The van der Waals surface area contributed by atoms with Crippen LogP contribution in [0.1, 0.15) is 24.8 Å². The summed E-state index contributed by atoms with van der Waals surface area (Å²) in [6.07, 6.45) is -2.89. The third kappa shape index (κ3) is 7.01. The van der Waals surface area contributed by atoms with E-state index in [4.69, 9.17) is 4.74 Å². The average molecular weight is 397 g/mol. The summed E-state index contributed by atoms with van der Waals surface area (Å²) in [5.74, 6) is 0.171. The molecule has 0 saturated carbocycles. The lowest BCUT2D eigenvalue weighted by atomic mass is 10.1. The first-order chi connectivity index (χ1) is 11.8. The van der Waals surface area contributed by atoms with Crippen LogP contribution in [0.15, 0.2) is 24.3 Å². The molecule has 0 radical (unpaired) electrons. The SMILES string of the molecule is CN(CC(O)COc1ccc(C(F)(F)F)cc1)C(=O)CC1CCCN1.Cl. The van der Waals surface area contributed by atoms with Crippen molar-refractivity contribution in [3.05, 3.63) is 29.8 Å². The van der Waals surface area contributed by atoms with Gasteiger partial charge in [0.05, 0.1) is 5.56 Å². The Hall–Kier alpha value is -1.51. The molecule has 1 amide bonds. The number of halogens is 4. The summed E-state index contributed by atoms with van der Waals surface area (Å²) in [6.45, 7) is 0.919. The van der Waals surface area contributed by atoms with Gasteiger partial charge in [-0.1, -0.05) is 0 Å². The van der Waals surface area contributed by atoms with Gasteiger partial charge in [-0.15, -0.1) is 12.4 Å². The maximum Gasteiger partial charge on any atom is 0.416 e. The predicted octanol–water partition coefficient (Wildman–Crippen LogP) is 2.47. The number of carbonyl (C=O) groups is 1. The Morgan fingerprint density at radius 1 is 1.38 bits per heavy atom. The number of ether oxygens (including phenoxy) is 1. The Morgan fingerprint density at radius 3 is 2.58 bits per heavy atom. The smallest absolute Gasteiger partial charge is 0.416 e. The summed E-state index contributed by atoms with van der Waals surface area (Å²) in [7, 11) is 1.61. The minimum atomic E-state index is -4.39. The van der Waals surface area contributed by atoms with E-state index in [1.807, 2.05) is 0 Å². The number of hydrogen-bond acceptors (Lipinski definition) is 4. The lowest BCUT2D eigenvalue weighted by molar-refractivity contribution is -0.137. The van der Waals surface area contributed by atoms with Crippen molar-refractivity contribution in [3.63, 3.8) is 0 Å². The van der Waals surface area contributed by atoms with Gasteiger partial charge in [0.15, 0.2) is 0 Å². The van der Waals surface area contributed by atoms with Gasteiger partial charge in [-0.3, -0.25) is 4.79 Å². The molecule has 1 aliphatic heterocycles. The highest BCUT2D eigenvalue weighted by Gasteiger charge is 2.30. The molecule has 1 fully saturated rings. The molecule has 2 unspecified atom stereocenters. The Kier molecular flexibility index (Phi) is 8.66. The Morgan fingerprint density at radius 2 is 2.04 bits per heavy atom. The van der Waals surface area contributed by atoms with E-state index >= 15 is 0 Å². The second-order valence-corrected chi connectivity index (χ2v) is 6.26. The standard InChI is InChI=1S/C17H23F3N2O3.ClH/c1-22(16(24)9-13-3-2-8-21-13)10-14(23)11-25-15-6-4-12(5-7-15)17(18,19)20;/h4-7,13-14,21,23H,2-3,8-11H2,1H3;1H. The number of aliphatic hydroxyl groups excluding tert-OH is 1. The Labute approximate surface area is 156 Å². The quantitative estimate of drug-likeness (QED) is 0.743. The van der Waals surface area contributed by atoms with Crippen LogP contribution >= 0.6 is 12.4 Å². The molecule has 1 saturated heterocycles. The number of rotatable bonds is 7. The van der Waals surface area contributed by atoms with Gasteiger partial charge in [-0.25, -0.2) is 0 Å². The zero-order chi connectivity index (χ0) is 18.4. The van der Waals surface area contributed by atoms with Crippen molar-refractivity contribution in [2.75, 3.05) is 26.7 Å². The lowest BCUT2D eigenvalue weighted by Gasteiger charge is -2.22. The molecule has 0 bridgehead atoms. The van der Waals surface area contributed by atoms with Gasteiger partial charge in [0.1, 0.15) is 18.5 Å². The van der Waals surface area contributed by atoms with Crippen LogP contribution in [0.4, 0.5) is 13.2 Å². The molecule has 0 spiro atoms. The highest BCUT2D eigenvalue weighted by atomic mass is 35.5. The lowest BCUT2D eigenvalue weighted by Crippen LogP contribution is -2.39. The van der Waals surface area contributed by atoms with Gasteiger partial charge < -0.3 is 20.1 Å². The van der Waals surface area contributed by atoms with Crippen molar-refractivity contribution < 1.29 is 27.8 Å². The van der Waals surface area contributed by atoms with Crippen LogP contribution in [-0.4, -0.2) is 54.8 Å². The maximum absolute atomic E-state index is 12.5. The van der Waals surface area contributed by atoms with Crippen LogP contribution in [0.2, 0.25) is 0 Å². The van der Waals surface area contributed by atoms with Crippen molar-refractivity contribution >= 4 is 18.3 Å². The highest BCUT2D eigenvalue weighted by Crippen LogP contribution is 2.30. The number of alkyl halides is 3. The summed E-state index contributed by atoms with van der Waals surface area (Å²) in [6, 6.07) is 4.44. The van der Waals surface area contributed by atoms with E-state index in [-0.39, 0.29) is 43.3 Å². The summed E-state index contributed by atoms with van der Waals surface area (Å²) in [5.41, 5.74) is -0.758. The number of nitrogens with zero attached hydrogens (tertiary/aromatic N) is 1. The van der Waals surface area contributed by atoms with Crippen molar-refractivity contribution in [2.45, 2.75) is 37.6 Å². The zero-order valence-corrected chi connectivity index (χ0v) is 15.3. The highest BCUT2D eigenvalue weighted by molar-refractivity contribution is 5.85. The molecule has 148 valence electrons. The number of aliphatic hydroxyl groups is 1. The molecular weight excluding hydrogens is 373 g/mol. The molecule has 9 heteroatoms. The van der Waals surface area contributed by atoms with Gasteiger partial charge >= 0.3 is 6.18 Å². The molecular formula is C17H24ClF3N2O3. The molecule has 1 heterocycles. The minimum absolute atomic E-state index is 0. The molecule has 2 N–H and O–H groups in total. The number of carbonyl (C=O) groups excluding carboxylic acids is 1. The maximum atomic E-state index is 12.5. The van der Waals surface area contributed by atoms with E-state index in [0.29, 0.717) is 6.42 Å². The fraction of sp³-hybridized carbons (Fsp3) is 0.588. The van der Waals surface area contributed by atoms with E-state index < -0.39 is 17.8 Å². The fourth-order valence-corrected chi connectivity index (χ4v) is 2.70. The number of nitrogens with one attached hydrogen (secondary N) is 1. The molecule has 1 aliphatic rings. The average Bonchev–Trinajstić information content (AvgIpc) is 3.05. The second-order valence-electron chi connectivity index (χ2n) is 6.26. The molecule has 2 rings (SSSR count). The first-order valence-electron chi connectivity index (χ1n) is 8.21. The van der Waals surface area contributed by atoms with Crippen molar-refractivity contribution in [1.29, 1.82) is 0 Å². The van der Waals surface area contributed by atoms with Gasteiger partial charge in [-0.05, 0) is 43.7 Å². The normalized spacial score (nSPS) is 18.1. The van der Waals surface area contributed by atoms with Crippen LogP contribution in [0, 0.1) is 0 Å². The number of benzene rings is 1. The van der Waals surface area contributed by atoms with E-state index in [1.165, 1.54) is 17.0 Å². The topological polar surface area (TPSA) is 61.8 Å². The summed E-state index contributed by atoms with van der Waals surface area (Å²) < 4.78 is 42.7. The van der Waals surface area contributed by atoms with Gasteiger partial charge in [-0.2, -0.15) is 13.2 Å². The summed E-state index contributed by atoms with van der Waals surface area (Å²) in [5, 5.41) is 13.2. The fourth-order valence-electron chi connectivity index (χ4n) is 2.70. The van der Waals surface area contributed by atoms with Crippen LogP contribution in [-0.2, 0) is 11.0 Å². The van der Waals surface area contributed by atoms with Crippen LogP contribution in [0.25, 0.3) is 0 Å². The summed E-state index contributed by atoms with van der Waals surface area (Å²) >= 11 is 0. The van der Waals surface area contributed by atoms with E-state index in [0.717, 1.165) is 31.5 Å². The first-order valence-corrected chi connectivity index (χ1v) is 8.21. The predicted molar refractivity (Wildman–Crippen MR) is 93.5 cm³/mol. The summed E-state index contributed by atoms with van der Waals surface area (Å²) in [4.78, 5) is 13.5. The molecule has 5 nitrogen and oxygen atoms in total. The molecule has 1 aromatic carbocycles. The van der Waals surface area contributed by atoms with Crippen LogP contribution < -0.4 is 10.1 Å². The molecule has 0 aromatic heterocycles. The third-order valence-electron chi connectivity index (χ3n) is 4.12. The second kappa shape index (κ2) is 9.99. The third-order valence-corrected chi connectivity index (χ3v) is 4.12. The van der Waals surface area contributed by atoms with E-state index in [9.17, 15) is 23.1 Å². The molecule has 2 atom stereocenters. The van der Waals surface area contributed by atoms with Crippen molar-refractivity contribution in [3.8, 4) is 5.75 Å². The number of likely N-dealkylation sites (N-methyl/N-ethyl adjacent to an activating group) is 1. The number of amides is 1. The van der Waals surface area contributed by atoms with Gasteiger partial charge in [0.25, 0.3) is 0 Å². The van der Waals surface area contributed by atoms with Crippen molar-refractivity contribution in [2.24, 2.45) is 0 Å². The largest absolute Gasteiger partial charge is 0.491 e. The van der Waals surface area contributed by atoms with E-state index in [1.54, 1.807) is 7.05 Å². The zero-order valence-electron chi connectivity index (χ0n) is 14.5. The van der Waals surface area contributed by atoms with Crippen LogP contribution in [0.5, 0.6) is 5.75 Å². The van der Waals surface area contributed by atoms with Gasteiger partial charge in [0.2, 0.25) is 5.91 Å². The minimum Gasteiger partial charge on any atom is -0.491 e. The Balaban J connectivity index is 0.00000338. The molecule has 1 aromatic rings. The first kappa shape index (κ1) is 22.5. The van der Waals surface area contributed by atoms with Crippen molar-refractivity contribution in [1.82, 2.24) is 10.2 Å². The van der Waals surface area contributed by atoms with E-state index in [2.05, 4.69) is 5.32 Å². The number of hydrogen-bond donors (Lipinski definition) is 2.